The molecule has 0 atom stereocenters. The van der Waals surface area contributed by atoms with Crippen LogP contribution in [0.1, 0.15) is 50.5 Å². The molecule has 0 aromatic heterocycles. The van der Waals surface area contributed by atoms with E-state index in [1.165, 1.54) is 19.3 Å². The van der Waals surface area contributed by atoms with Crippen LogP contribution in [0.25, 0.3) is 0 Å². The van der Waals surface area contributed by atoms with Crippen LogP contribution in [0.2, 0.25) is 0 Å². The smallest absolute Gasteiger partial charge is 0.243 e. The number of hydrogen-bond acceptors (Lipinski definition) is 4. The lowest BCUT2D eigenvalue weighted by atomic mass is 9.67. The van der Waals surface area contributed by atoms with E-state index in [1.54, 1.807) is 30.6 Å². The first kappa shape index (κ1) is 26.3. The topological polar surface area (TPSA) is 83.0 Å². The Labute approximate surface area is 204 Å². The maximum atomic E-state index is 13.2. The molecule has 1 heterocycles. The van der Waals surface area contributed by atoms with Gasteiger partial charge in [0.15, 0.2) is 5.96 Å². The van der Waals surface area contributed by atoms with Gasteiger partial charge in [0.25, 0.3) is 0 Å². The highest BCUT2D eigenvalue weighted by Gasteiger charge is 2.36. The van der Waals surface area contributed by atoms with Gasteiger partial charge in [-0.3, -0.25) is 4.99 Å². The predicted octanol–water partition coefficient (Wildman–Crippen LogP) is 3.35. The molecule has 2 fully saturated rings. The number of nitrogens with one attached hydrogen (secondary N) is 2. The fraction of sp³-hybridized carbons (Fsp3) is 0.682. The van der Waals surface area contributed by atoms with Crippen molar-refractivity contribution in [2.24, 2.45) is 10.4 Å². The third kappa shape index (κ3) is 6.79. The second-order valence-corrected chi connectivity index (χ2v) is 10.4. The molecule has 0 radical (unpaired) electrons. The van der Waals surface area contributed by atoms with Gasteiger partial charge in [-0.1, -0.05) is 31.0 Å². The van der Waals surface area contributed by atoms with E-state index in [9.17, 15) is 8.42 Å². The number of halogens is 1. The molecule has 176 valence electrons. The Balaban J connectivity index is 0.00000341. The summed E-state index contributed by atoms with van der Waals surface area (Å²) in [4.78, 5) is 4.72. The Bertz CT molecular complexity index is 822. The third-order valence-electron chi connectivity index (χ3n) is 6.46. The van der Waals surface area contributed by atoms with Gasteiger partial charge in [-0.25, -0.2) is 8.42 Å². The Morgan fingerprint density at radius 1 is 1.13 bits per heavy atom. The van der Waals surface area contributed by atoms with Crippen molar-refractivity contribution in [1.29, 1.82) is 0 Å². The molecule has 0 bridgehead atoms. The summed E-state index contributed by atoms with van der Waals surface area (Å²) in [7, 11) is 0.0213. The van der Waals surface area contributed by atoms with Crippen molar-refractivity contribution in [3.8, 4) is 0 Å². The van der Waals surface area contributed by atoms with Crippen LogP contribution in [-0.4, -0.2) is 59.1 Å². The van der Waals surface area contributed by atoms with Crippen molar-refractivity contribution in [2.45, 2.75) is 56.4 Å². The van der Waals surface area contributed by atoms with Gasteiger partial charge in [0.05, 0.1) is 4.90 Å². The molecule has 0 unspecified atom stereocenters. The van der Waals surface area contributed by atoms with Gasteiger partial charge in [0.2, 0.25) is 10.0 Å². The fourth-order valence-electron chi connectivity index (χ4n) is 4.33. The van der Waals surface area contributed by atoms with Crippen LogP contribution >= 0.6 is 24.0 Å². The number of ether oxygens (including phenoxy) is 1. The van der Waals surface area contributed by atoms with Crippen LogP contribution in [0.3, 0.4) is 0 Å². The minimum absolute atomic E-state index is 0. The second kappa shape index (κ2) is 12.4. The van der Waals surface area contributed by atoms with E-state index in [4.69, 9.17) is 4.74 Å². The number of guanidine groups is 1. The molecule has 0 spiro atoms. The van der Waals surface area contributed by atoms with Crippen LogP contribution in [0.15, 0.2) is 34.2 Å². The van der Waals surface area contributed by atoms with Crippen LogP contribution in [0, 0.1) is 5.41 Å². The van der Waals surface area contributed by atoms with Crippen LogP contribution < -0.4 is 10.6 Å². The van der Waals surface area contributed by atoms with Crippen LogP contribution in [0.5, 0.6) is 0 Å². The van der Waals surface area contributed by atoms with Crippen molar-refractivity contribution >= 4 is 40.0 Å². The molecule has 7 nitrogen and oxygen atoms in total. The summed E-state index contributed by atoms with van der Waals surface area (Å²) in [6.45, 7) is 3.25. The highest BCUT2D eigenvalue weighted by atomic mass is 127. The van der Waals surface area contributed by atoms with Crippen LogP contribution in [-0.2, 0) is 21.3 Å². The van der Waals surface area contributed by atoms with Crippen molar-refractivity contribution in [1.82, 2.24) is 14.9 Å². The van der Waals surface area contributed by atoms with Gasteiger partial charge in [-0.05, 0) is 49.1 Å². The van der Waals surface area contributed by atoms with Crippen molar-refractivity contribution in [3.05, 3.63) is 29.8 Å². The van der Waals surface area contributed by atoms with E-state index in [1.807, 2.05) is 12.1 Å². The number of sulfonamides is 1. The second-order valence-electron chi connectivity index (χ2n) is 8.45. The summed E-state index contributed by atoms with van der Waals surface area (Å²) in [6, 6.07) is 7.27. The first-order valence-corrected chi connectivity index (χ1v) is 12.5. The minimum atomic E-state index is -3.47. The van der Waals surface area contributed by atoms with Gasteiger partial charge < -0.3 is 15.4 Å². The standard InChI is InChI=1S/C22H36N4O3S.HI/c1-23-21(25-18-22(11-8-12-22)13-16-29-2)24-17-19-9-4-5-10-20(19)30(27,28)26-14-6-3-7-15-26;/h4-5,9-10H,3,6-8,11-18H2,1-2H3,(H2,23,24,25);1H. The Hall–Kier alpha value is -0.910. The molecule has 3 rings (SSSR count). The van der Waals surface area contributed by atoms with Gasteiger partial charge in [-0.2, -0.15) is 4.31 Å². The van der Waals surface area contributed by atoms with Crippen molar-refractivity contribution in [3.63, 3.8) is 0 Å². The van der Waals surface area contributed by atoms with E-state index in [2.05, 4.69) is 15.6 Å². The van der Waals surface area contributed by atoms with Gasteiger partial charge in [-0.15, -0.1) is 24.0 Å². The Morgan fingerprint density at radius 3 is 2.45 bits per heavy atom. The van der Waals surface area contributed by atoms with Gasteiger partial charge in [0.1, 0.15) is 0 Å². The minimum Gasteiger partial charge on any atom is -0.385 e. The van der Waals surface area contributed by atoms with E-state index >= 15 is 0 Å². The number of nitrogens with zero attached hydrogens (tertiary/aromatic N) is 2. The average molecular weight is 565 g/mol. The Kier molecular flexibility index (Phi) is 10.5. The normalized spacial score (nSPS) is 19.2. The average Bonchev–Trinajstić information content (AvgIpc) is 2.75. The molecule has 1 aliphatic carbocycles. The monoisotopic (exact) mass is 564 g/mol. The third-order valence-corrected chi connectivity index (χ3v) is 8.46. The highest BCUT2D eigenvalue weighted by molar-refractivity contribution is 14.0. The maximum Gasteiger partial charge on any atom is 0.243 e. The molecule has 1 aromatic rings. The lowest BCUT2D eigenvalue weighted by Crippen LogP contribution is -2.46. The van der Waals surface area contributed by atoms with Crippen LogP contribution in [0.4, 0.5) is 0 Å². The molecule has 9 heteroatoms. The van der Waals surface area contributed by atoms with Crippen molar-refractivity contribution in [2.75, 3.05) is 40.4 Å². The first-order chi connectivity index (χ1) is 14.5. The van der Waals surface area contributed by atoms with E-state index < -0.39 is 10.0 Å². The SMILES string of the molecule is CN=C(NCc1ccccc1S(=O)(=O)N1CCCCC1)NCC1(CCOC)CCC1.I. The molecular formula is C22H37IN4O3S. The molecule has 1 saturated heterocycles. The molecule has 1 aliphatic heterocycles. The Morgan fingerprint density at radius 2 is 1.84 bits per heavy atom. The van der Waals surface area contributed by atoms with E-state index in [-0.39, 0.29) is 29.4 Å². The highest BCUT2D eigenvalue weighted by Crippen LogP contribution is 2.43. The number of piperidine rings is 1. The van der Waals surface area contributed by atoms with E-state index in [0.717, 1.165) is 44.4 Å². The summed E-state index contributed by atoms with van der Waals surface area (Å²) in [5, 5.41) is 6.74. The molecule has 0 amide bonds. The predicted molar refractivity (Wildman–Crippen MR) is 135 cm³/mol. The summed E-state index contributed by atoms with van der Waals surface area (Å²) in [5.41, 5.74) is 1.05. The summed E-state index contributed by atoms with van der Waals surface area (Å²) in [5.74, 6) is 0.698. The zero-order chi connectivity index (χ0) is 21.5. The lowest BCUT2D eigenvalue weighted by molar-refractivity contribution is 0.0732. The number of methoxy groups -OCH3 is 1. The fourth-order valence-corrected chi connectivity index (χ4v) is 6.07. The molecule has 2 N–H and O–H groups in total. The maximum absolute atomic E-state index is 13.2. The van der Waals surface area contributed by atoms with Gasteiger partial charge >= 0.3 is 0 Å². The van der Waals surface area contributed by atoms with Crippen molar-refractivity contribution < 1.29 is 13.2 Å². The molecule has 2 aliphatic rings. The summed E-state index contributed by atoms with van der Waals surface area (Å²) < 4.78 is 33.2. The van der Waals surface area contributed by atoms with Gasteiger partial charge in [0, 0.05) is 46.9 Å². The number of benzene rings is 1. The first-order valence-electron chi connectivity index (χ1n) is 11.0. The molecule has 1 saturated carbocycles. The lowest BCUT2D eigenvalue weighted by Gasteiger charge is -2.42. The summed E-state index contributed by atoms with van der Waals surface area (Å²) >= 11 is 0. The molecule has 1 aromatic carbocycles. The number of hydrogen-bond donors (Lipinski definition) is 2. The number of aliphatic imine (C=N–C) groups is 1. The zero-order valence-electron chi connectivity index (χ0n) is 18.7. The number of rotatable bonds is 9. The molecular weight excluding hydrogens is 527 g/mol. The van der Waals surface area contributed by atoms with E-state index in [0.29, 0.717) is 30.5 Å². The molecule has 31 heavy (non-hydrogen) atoms. The largest absolute Gasteiger partial charge is 0.385 e. The summed E-state index contributed by atoms with van der Waals surface area (Å²) in [6.07, 6.45) is 7.68. The zero-order valence-corrected chi connectivity index (χ0v) is 21.9. The quantitative estimate of drug-likeness (QED) is 0.273.